The third-order valence-corrected chi connectivity index (χ3v) is 7.20. The van der Waals surface area contributed by atoms with Crippen molar-refractivity contribution >= 4 is 16.9 Å². The topological polar surface area (TPSA) is 92.5 Å². The number of nitrogen functional groups attached to an aromatic ring is 1. The third kappa shape index (κ3) is 5.82. The van der Waals surface area contributed by atoms with E-state index in [0.29, 0.717) is 29.2 Å². The van der Waals surface area contributed by atoms with Gasteiger partial charge in [0.1, 0.15) is 11.6 Å². The van der Waals surface area contributed by atoms with E-state index in [1.165, 1.54) is 18.9 Å². The van der Waals surface area contributed by atoms with Crippen LogP contribution in [0.25, 0.3) is 16.7 Å². The van der Waals surface area contributed by atoms with Crippen LogP contribution in [0.2, 0.25) is 0 Å². The van der Waals surface area contributed by atoms with E-state index in [-0.39, 0.29) is 0 Å². The van der Waals surface area contributed by atoms with Crippen LogP contribution >= 0.6 is 0 Å². The zero-order valence-corrected chi connectivity index (χ0v) is 22.2. The average molecular weight is 521 g/mol. The molecule has 0 radical (unpaired) electrons. The zero-order valence-electron chi connectivity index (χ0n) is 22.2. The van der Waals surface area contributed by atoms with Gasteiger partial charge in [-0.05, 0) is 61.6 Å². The molecule has 1 aliphatic carbocycles. The number of nitrogens with one attached hydrogen (secondary N) is 2. The number of H-pyrrole nitrogens is 1. The van der Waals surface area contributed by atoms with Crippen molar-refractivity contribution in [2.75, 3.05) is 11.1 Å². The Hall–Kier alpha value is -4.52. The first-order chi connectivity index (χ1) is 18.9. The Kier molecular flexibility index (Phi) is 7.68. The summed E-state index contributed by atoms with van der Waals surface area (Å²) >= 11 is 0. The lowest BCUT2D eigenvalue weighted by Gasteiger charge is -2.16. The highest BCUT2D eigenvalue weighted by Gasteiger charge is 2.19. The van der Waals surface area contributed by atoms with E-state index >= 15 is 4.39 Å². The molecule has 198 valence electrons. The van der Waals surface area contributed by atoms with Gasteiger partial charge in [-0.2, -0.15) is 0 Å². The number of hydrogen-bond donors (Lipinski definition) is 3. The molecule has 39 heavy (non-hydrogen) atoms. The maximum atomic E-state index is 15.1. The number of halogens is 1. The molecule has 5 rings (SSSR count). The summed E-state index contributed by atoms with van der Waals surface area (Å²) in [5.74, 6) is 0.793. The smallest absolute Gasteiger partial charge is 0.133 e. The van der Waals surface area contributed by atoms with Crippen molar-refractivity contribution < 1.29 is 4.39 Å². The van der Waals surface area contributed by atoms with Gasteiger partial charge < -0.3 is 16.0 Å². The number of aromatic amines is 1. The number of nitrogens with zero attached hydrogens (tertiary/aromatic N) is 3. The standard InChI is InChI=1S/C32H33FN6/c1-4-9-26(30-12-7-8-13-36-30)32-21(3)38-31(39-32)16-23-15-27(28(33)17-29(23)34)24-14-25(19-35-18-24)37-20(2)22-10-5-6-11-22/h4,7-9,12-15,17-19,22,37H,1-2,5-6,10-11,16,34H2,3H3,(H,38,39)/b26-9-. The highest BCUT2D eigenvalue weighted by atomic mass is 19.1. The predicted octanol–water partition coefficient (Wildman–Crippen LogP) is 7.22. The van der Waals surface area contributed by atoms with E-state index in [1.807, 2.05) is 37.3 Å². The lowest BCUT2D eigenvalue weighted by molar-refractivity contribution is 0.631. The van der Waals surface area contributed by atoms with Gasteiger partial charge in [0, 0.05) is 52.6 Å². The highest BCUT2D eigenvalue weighted by Crippen LogP contribution is 2.33. The molecule has 0 amide bonds. The molecule has 7 heteroatoms. The van der Waals surface area contributed by atoms with Crippen LogP contribution < -0.4 is 11.1 Å². The summed E-state index contributed by atoms with van der Waals surface area (Å²) in [6.45, 7) is 10.0. The molecule has 3 aromatic heterocycles. The van der Waals surface area contributed by atoms with Crippen LogP contribution in [0.1, 0.15) is 54.2 Å². The van der Waals surface area contributed by atoms with Gasteiger partial charge in [-0.1, -0.05) is 44.2 Å². The Morgan fingerprint density at radius 2 is 2.03 bits per heavy atom. The fourth-order valence-corrected chi connectivity index (χ4v) is 5.20. The molecule has 0 atom stereocenters. The molecule has 3 heterocycles. The van der Waals surface area contributed by atoms with Crippen molar-refractivity contribution in [2.45, 2.75) is 39.0 Å². The highest BCUT2D eigenvalue weighted by molar-refractivity contribution is 5.78. The Balaban J connectivity index is 1.42. The molecule has 1 aromatic carbocycles. The molecule has 0 unspecified atom stereocenters. The number of pyridine rings is 2. The van der Waals surface area contributed by atoms with Crippen molar-refractivity contribution in [1.82, 2.24) is 19.9 Å². The van der Waals surface area contributed by atoms with Crippen LogP contribution in [0.15, 0.2) is 86.0 Å². The van der Waals surface area contributed by atoms with Crippen molar-refractivity contribution in [2.24, 2.45) is 5.92 Å². The molecular formula is C32H33FN6. The Labute approximate surface area is 228 Å². The lowest BCUT2D eigenvalue weighted by Crippen LogP contribution is -2.07. The molecule has 1 aliphatic rings. The summed E-state index contributed by atoms with van der Waals surface area (Å²) in [7, 11) is 0. The summed E-state index contributed by atoms with van der Waals surface area (Å²) < 4.78 is 15.1. The quantitative estimate of drug-likeness (QED) is 0.160. The maximum Gasteiger partial charge on any atom is 0.133 e. The second-order valence-corrected chi connectivity index (χ2v) is 9.99. The van der Waals surface area contributed by atoms with Gasteiger partial charge in [-0.25, -0.2) is 9.37 Å². The van der Waals surface area contributed by atoms with Gasteiger partial charge >= 0.3 is 0 Å². The van der Waals surface area contributed by atoms with Gasteiger partial charge in [-0.3, -0.25) is 9.97 Å². The SMILES string of the molecule is C=C/C=C(/c1ccccn1)c1nc(Cc2cc(-c3cncc(NC(=C)C4CCCC4)c3)c(F)cc2N)[nH]c1C. The first-order valence-electron chi connectivity index (χ1n) is 13.2. The molecular weight excluding hydrogens is 487 g/mol. The van der Waals surface area contributed by atoms with E-state index in [9.17, 15) is 0 Å². The van der Waals surface area contributed by atoms with Gasteiger partial charge in [0.15, 0.2) is 0 Å². The van der Waals surface area contributed by atoms with Gasteiger partial charge in [0.05, 0.1) is 23.3 Å². The van der Waals surface area contributed by atoms with Crippen molar-refractivity contribution in [1.29, 1.82) is 0 Å². The summed E-state index contributed by atoms with van der Waals surface area (Å²) in [6.07, 6.45) is 13.9. The maximum absolute atomic E-state index is 15.1. The van der Waals surface area contributed by atoms with Crippen molar-refractivity contribution in [3.63, 3.8) is 0 Å². The fraction of sp³-hybridized carbons (Fsp3) is 0.219. The fourth-order valence-electron chi connectivity index (χ4n) is 5.20. The van der Waals surface area contributed by atoms with Crippen LogP contribution in [0.5, 0.6) is 0 Å². The van der Waals surface area contributed by atoms with Crippen LogP contribution in [0.3, 0.4) is 0 Å². The minimum Gasteiger partial charge on any atom is -0.398 e. The Morgan fingerprint density at radius 3 is 2.77 bits per heavy atom. The number of benzene rings is 1. The molecule has 0 aliphatic heterocycles. The molecule has 0 spiro atoms. The number of aromatic nitrogens is 4. The number of hydrogen-bond acceptors (Lipinski definition) is 5. The zero-order chi connectivity index (χ0) is 27.4. The molecule has 6 nitrogen and oxygen atoms in total. The van der Waals surface area contributed by atoms with Gasteiger partial charge in [0.25, 0.3) is 0 Å². The van der Waals surface area contributed by atoms with E-state index in [4.69, 9.17) is 10.7 Å². The molecule has 1 fully saturated rings. The predicted molar refractivity (Wildman–Crippen MR) is 156 cm³/mol. The lowest BCUT2D eigenvalue weighted by atomic mass is 10.00. The van der Waals surface area contributed by atoms with Crippen LogP contribution in [-0.2, 0) is 6.42 Å². The number of anilines is 2. The van der Waals surface area contributed by atoms with Crippen LogP contribution in [0, 0.1) is 18.7 Å². The van der Waals surface area contributed by atoms with Crippen molar-refractivity contribution in [3.05, 3.63) is 120 Å². The van der Waals surface area contributed by atoms with E-state index in [0.717, 1.165) is 58.3 Å². The number of nitrogens with two attached hydrogens (primary N) is 1. The average Bonchev–Trinajstić information content (AvgIpc) is 3.60. The van der Waals surface area contributed by atoms with Gasteiger partial charge in [-0.15, -0.1) is 0 Å². The molecule has 1 saturated carbocycles. The second-order valence-electron chi connectivity index (χ2n) is 9.99. The number of rotatable bonds is 9. The van der Waals surface area contributed by atoms with E-state index in [1.54, 1.807) is 30.7 Å². The number of aryl methyl sites for hydroxylation is 1. The first-order valence-corrected chi connectivity index (χ1v) is 13.2. The minimum atomic E-state index is -0.396. The second kappa shape index (κ2) is 11.5. The minimum absolute atomic E-state index is 0.371. The summed E-state index contributed by atoms with van der Waals surface area (Å²) in [6, 6.07) is 10.8. The van der Waals surface area contributed by atoms with Crippen LogP contribution in [0.4, 0.5) is 15.8 Å². The van der Waals surface area contributed by atoms with Crippen molar-refractivity contribution in [3.8, 4) is 11.1 Å². The normalized spacial score (nSPS) is 13.9. The Bertz CT molecular complexity index is 1530. The number of imidazole rings is 1. The third-order valence-electron chi connectivity index (χ3n) is 7.20. The molecule has 4 N–H and O–H groups in total. The first kappa shape index (κ1) is 26.1. The summed E-state index contributed by atoms with van der Waals surface area (Å²) in [5, 5.41) is 3.39. The van der Waals surface area contributed by atoms with Gasteiger partial charge in [0.2, 0.25) is 0 Å². The van der Waals surface area contributed by atoms with Crippen LogP contribution in [-0.4, -0.2) is 19.9 Å². The molecule has 4 aromatic rings. The summed E-state index contributed by atoms with van der Waals surface area (Å²) in [4.78, 5) is 17.1. The Morgan fingerprint density at radius 1 is 1.21 bits per heavy atom. The molecule has 0 saturated heterocycles. The largest absolute Gasteiger partial charge is 0.398 e. The monoisotopic (exact) mass is 520 g/mol. The van der Waals surface area contributed by atoms with E-state index < -0.39 is 5.82 Å². The number of allylic oxidation sites excluding steroid dienone is 3. The summed E-state index contributed by atoms with van der Waals surface area (Å²) in [5.41, 5.74) is 13.7. The van der Waals surface area contributed by atoms with E-state index in [2.05, 4.69) is 33.4 Å². The molecule has 0 bridgehead atoms.